The number of rotatable bonds is 4. The minimum Gasteiger partial charge on any atom is -0.134 e. The average Bonchev–Trinajstić information content (AvgIpc) is 2.42. The van der Waals surface area contributed by atoms with Crippen molar-refractivity contribution in [1.29, 1.82) is 0 Å². The van der Waals surface area contributed by atoms with Gasteiger partial charge in [-0.25, -0.2) is 0 Å². The molecular formula is C16H22S. The normalized spacial score (nSPS) is 18.3. The molecule has 0 N–H and O–H groups in total. The van der Waals surface area contributed by atoms with Crippen molar-refractivity contribution in [2.24, 2.45) is 5.92 Å². The van der Waals surface area contributed by atoms with Gasteiger partial charge in [-0.05, 0) is 41.9 Å². The SMILES string of the molecule is CS/C(=C\Cc1ccccc1)C1CCCCC1. The summed E-state index contributed by atoms with van der Waals surface area (Å²) in [6, 6.07) is 10.8. The fraction of sp³-hybridized carbons (Fsp3) is 0.500. The van der Waals surface area contributed by atoms with Crippen LogP contribution in [-0.4, -0.2) is 6.26 Å². The van der Waals surface area contributed by atoms with Crippen LogP contribution in [0.1, 0.15) is 37.7 Å². The molecule has 0 bridgehead atoms. The maximum Gasteiger partial charge on any atom is -0.00865 e. The zero-order chi connectivity index (χ0) is 11.9. The summed E-state index contributed by atoms with van der Waals surface area (Å²) in [4.78, 5) is 1.62. The smallest absolute Gasteiger partial charge is 0.00865 e. The summed E-state index contributed by atoms with van der Waals surface area (Å²) < 4.78 is 0. The van der Waals surface area contributed by atoms with Crippen LogP contribution in [0.3, 0.4) is 0 Å². The lowest BCUT2D eigenvalue weighted by Crippen LogP contribution is -2.07. The monoisotopic (exact) mass is 246 g/mol. The molecule has 0 saturated heterocycles. The van der Waals surface area contributed by atoms with E-state index in [-0.39, 0.29) is 0 Å². The summed E-state index contributed by atoms with van der Waals surface area (Å²) in [6.07, 6.45) is 12.9. The number of hydrogen-bond donors (Lipinski definition) is 0. The van der Waals surface area contributed by atoms with E-state index >= 15 is 0 Å². The molecule has 1 aromatic rings. The van der Waals surface area contributed by atoms with E-state index in [4.69, 9.17) is 0 Å². The third-order valence-corrected chi connectivity index (χ3v) is 4.60. The molecule has 17 heavy (non-hydrogen) atoms. The van der Waals surface area contributed by atoms with Crippen LogP contribution in [0.25, 0.3) is 0 Å². The Hall–Kier alpha value is -0.690. The van der Waals surface area contributed by atoms with Crippen LogP contribution in [0.15, 0.2) is 41.3 Å². The van der Waals surface area contributed by atoms with Crippen LogP contribution in [-0.2, 0) is 6.42 Å². The van der Waals surface area contributed by atoms with Gasteiger partial charge in [0.2, 0.25) is 0 Å². The summed E-state index contributed by atoms with van der Waals surface area (Å²) in [5, 5.41) is 0. The Labute approximate surface area is 110 Å². The average molecular weight is 246 g/mol. The molecule has 92 valence electrons. The summed E-state index contributed by atoms with van der Waals surface area (Å²) in [7, 11) is 0. The third-order valence-electron chi connectivity index (χ3n) is 3.63. The van der Waals surface area contributed by atoms with Crippen molar-refractivity contribution in [1.82, 2.24) is 0 Å². The van der Waals surface area contributed by atoms with Gasteiger partial charge in [-0.3, -0.25) is 0 Å². The van der Waals surface area contributed by atoms with E-state index in [2.05, 4.69) is 42.7 Å². The molecule has 2 rings (SSSR count). The lowest BCUT2D eigenvalue weighted by Gasteiger charge is -2.23. The number of benzene rings is 1. The minimum absolute atomic E-state index is 0.850. The van der Waals surface area contributed by atoms with Gasteiger partial charge in [-0.2, -0.15) is 0 Å². The highest BCUT2D eigenvalue weighted by molar-refractivity contribution is 8.02. The largest absolute Gasteiger partial charge is 0.134 e. The second kappa shape index (κ2) is 6.90. The third kappa shape index (κ3) is 3.92. The van der Waals surface area contributed by atoms with Crippen molar-refractivity contribution in [3.63, 3.8) is 0 Å². The Morgan fingerprint density at radius 1 is 1.18 bits per heavy atom. The van der Waals surface area contributed by atoms with E-state index in [0.29, 0.717) is 0 Å². The molecule has 0 atom stereocenters. The molecule has 1 saturated carbocycles. The first-order valence-corrected chi connectivity index (χ1v) is 7.90. The van der Waals surface area contributed by atoms with E-state index in [1.165, 1.54) is 37.7 Å². The second-order valence-corrected chi connectivity index (χ2v) is 5.71. The van der Waals surface area contributed by atoms with Crippen molar-refractivity contribution in [3.8, 4) is 0 Å². The molecule has 0 unspecified atom stereocenters. The Kier molecular flexibility index (Phi) is 5.18. The fourth-order valence-electron chi connectivity index (χ4n) is 2.64. The van der Waals surface area contributed by atoms with Crippen LogP contribution in [0, 0.1) is 5.92 Å². The molecule has 1 fully saturated rings. The summed E-state index contributed by atoms with van der Waals surface area (Å²) in [5.74, 6) is 0.850. The molecule has 0 amide bonds. The molecule has 0 spiro atoms. The molecule has 1 aliphatic rings. The summed E-state index contributed by atoms with van der Waals surface area (Å²) in [6.45, 7) is 0. The molecule has 0 nitrogen and oxygen atoms in total. The first-order valence-electron chi connectivity index (χ1n) is 6.68. The highest BCUT2D eigenvalue weighted by atomic mass is 32.2. The molecule has 0 aromatic heterocycles. The maximum absolute atomic E-state index is 2.45. The number of hydrogen-bond acceptors (Lipinski definition) is 1. The lowest BCUT2D eigenvalue weighted by molar-refractivity contribution is 0.414. The summed E-state index contributed by atoms with van der Waals surface area (Å²) >= 11 is 1.96. The van der Waals surface area contributed by atoms with Crippen LogP contribution in [0.5, 0.6) is 0 Å². The highest BCUT2D eigenvalue weighted by Crippen LogP contribution is 2.34. The van der Waals surface area contributed by atoms with Gasteiger partial charge >= 0.3 is 0 Å². The fourth-order valence-corrected chi connectivity index (χ4v) is 3.46. The predicted molar refractivity (Wildman–Crippen MR) is 78.3 cm³/mol. The van der Waals surface area contributed by atoms with Gasteiger partial charge < -0.3 is 0 Å². The van der Waals surface area contributed by atoms with Crippen molar-refractivity contribution < 1.29 is 0 Å². The molecule has 0 radical (unpaired) electrons. The summed E-state index contributed by atoms with van der Waals surface area (Å²) in [5.41, 5.74) is 1.43. The van der Waals surface area contributed by atoms with Crippen LogP contribution in [0.4, 0.5) is 0 Å². The van der Waals surface area contributed by atoms with Gasteiger partial charge in [-0.1, -0.05) is 55.7 Å². The van der Waals surface area contributed by atoms with Gasteiger partial charge in [0.1, 0.15) is 0 Å². The Bertz CT molecular complexity index is 347. The lowest BCUT2D eigenvalue weighted by atomic mass is 9.88. The van der Waals surface area contributed by atoms with Crippen molar-refractivity contribution in [2.75, 3.05) is 6.26 Å². The van der Waals surface area contributed by atoms with E-state index in [1.807, 2.05) is 11.8 Å². The molecule has 0 aliphatic heterocycles. The first-order chi connectivity index (χ1) is 8.40. The van der Waals surface area contributed by atoms with E-state index < -0.39 is 0 Å². The van der Waals surface area contributed by atoms with Crippen molar-refractivity contribution >= 4 is 11.8 Å². The Morgan fingerprint density at radius 2 is 1.88 bits per heavy atom. The van der Waals surface area contributed by atoms with Gasteiger partial charge in [0.15, 0.2) is 0 Å². The zero-order valence-corrected chi connectivity index (χ0v) is 11.5. The predicted octanol–water partition coefficient (Wildman–Crippen LogP) is 5.06. The molecule has 0 heterocycles. The number of thioether (sulfide) groups is 1. The van der Waals surface area contributed by atoms with Gasteiger partial charge in [0.25, 0.3) is 0 Å². The van der Waals surface area contributed by atoms with E-state index in [1.54, 1.807) is 4.91 Å². The zero-order valence-electron chi connectivity index (χ0n) is 10.7. The molecule has 1 aromatic carbocycles. The minimum atomic E-state index is 0.850. The topological polar surface area (TPSA) is 0 Å². The molecule has 1 heteroatoms. The van der Waals surface area contributed by atoms with Crippen LogP contribution < -0.4 is 0 Å². The number of allylic oxidation sites excluding steroid dienone is 2. The van der Waals surface area contributed by atoms with E-state index in [0.717, 1.165) is 12.3 Å². The second-order valence-electron chi connectivity index (χ2n) is 4.84. The van der Waals surface area contributed by atoms with Gasteiger partial charge in [-0.15, -0.1) is 11.8 Å². The standard InChI is InChI=1S/C16H22S/c1-17-16(15-10-6-3-7-11-15)13-12-14-8-4-2-5-9-14/h2,4-5,8-9,13,15H,3,6-7,10-12H2,1H3/b16-13-. The highest BCUT2D eigenvalue weighted by Gasteiger charge is 2.16. The van der Waals surface area contributed by atoms with Crippen molar-refractivity contribution in [3.05, 3.63) is 46.9 Å². The van der Waals surface area contributed by atoms with Crippen molar-refractivity contribution in [2.45, 2.75) is 38.5 Å². The van der Waals surface area contributed by atoms with Crippen LogP contribution in [0.2, 0.25) is 0 Å². The first kappa shape index (κ1) is 12.8. The maximum atomic E-state index is 2.45. The quantitative estimate of drug-likeness (QED) is 0.716. The van der Waals surface area contributed by atoms with Crippen LogP contribution >= 0.6 is 11.8 Å². The van der Waals surface area contributed by atoms with Gasteiger partial charge in [0.05, 0.1) is 0 Å². The molecule has 1 aliphatic carbocycles. The Morgan fingerprint density at radius 3 is 2.53 bits per heavy atom. The van der Waals surface area contributed by atoms with E-state index in [9.17, 15) is 0 Å². The molecular weight excluding hydrogens is 224 g/mol. The Balaban J connectivity index is 1.97. The van der Waals surface area contributed by atoms with Gasteiger partial charge in [0, 0.05) is 0 Å².